The molecule has 0 heterocycles. The summed E-state index contributed by atoms with van der Waals surface area (Å²) in [4.78, 5) is 11.2. The van der Waals surface area contributed by atoms with Crippen LogP contribution in [-0.4, -0.2) is 38.8 Å². The highest BCUT2D eigenvalue weighted by Gasteiger charge is 2.22. The molecule has 0 bridgehead atoms. The summed E-state index contributed by atoms with van der Waals surface area (Å²) in [6.07, 6.45) is 0.496. The number of esters is 1. The van der Waals surface area contributed by atoms with Crippen LogP contribution in [-0.2, 0) is 30.8 Å². The number of hydrogen-bond donors (Lipinski definition) is 1. The second kappa shape index (κ2) is 8.60. The van der Waals surface area contributed by atoms with E-state index in [4.69, 9.17) is 9.47 Å². The van der Waals surface area contributed by atoms with Crippen LogP contribution in [0, 0.1) is 27.7 Å². The van der Waals surface area contributed by atoms with Crippen molar-refractivity contribution >= 4 is 16.1 Å². The molecule has 0 unspecified atom stereocenters. The second-order valence-corrected chi connectivity index (χ2v) is 7.42. The standard InChI is InChI=1S/C18H26O6S/c1-11(2)18(19)24-10-9-23-8-7-16-13(4)12(3)14(5)17(15(16)6)25(20,21)22/h1,7-10H2,2-6H3,(H,20,21,22). The zero-order valence-electron chi connectivity index (χ0n) is 15.4. The Morgan fingerprint density at radius 1 is 1.00 bits per heavy atom. The van der Waals surface area contributed by atoms with Crippen molar-refractivity contribution in [1.29, 1.82) is 0 Å². The van der Waals surface area contributed by atoms with Crippen LogP contribution in [0.15, 0.2) is 17.0 Å². The molecule has 1 rings (SSSR count). The molecular weight excluding hydrogens is 344 g/mol. The van der Waals surface area contributed by atoms with Gasteiger partial charge in [-0.2, -0.15) is 8.42 Å². The highest BCUT2D eigenvalue weighted by Crippen LogP contribution is 2.30. The Labute approximate surface area is 149 Å². The van der Waals surface area contributed by atoms with Crippen LogP contribution < -0.4 is 0 Å². The number of hydrogen-bond acceptors (Lipinski definition) is 5. The molecule has 0 radical (unpaired) electrons. The summed E-state index contributed by atoms with van der Waals surface area (Å²) in [5.74, 6) is -0.456. The number of ether oxygens (including phenoxy) is 2. The second-order valence-electron chi connectivity index (χ2n) is 6.06. The Balaban J connectivity index is 2.79. The Kier molecular flexibility index (Phi) is 7.34. The van der Waals surface area contributed by atoms with Crippen LogP contribution >= 0.6 is 0 Å². The van der Waals surface area contributed by atoms with Crippen molar-refractivity contribution in [1.82, 2.24) is 0 Å². The van der Waals surface area contributed by atoms with Gasteiger partial charge in [0.2, 0.25) is 0 Å². The van der Waals surface area contributed by atoms with Gasteiger partial charge in [-0.1, -0.05) is 6.58 Å². The molecule has 0 atom stereocenters. The molecule has 140 valence electrons. The fourth-order valence-electron chi connectivity index (χ4n) is 2.73. The summed E-state index contributed by atoms with van der Waals surface area (Å²) in [6.45, 7) is 12.9. The van der Waals surface area contributed by atoms with Gasteiger partial charge in [0, 0.05) is 5.57 Å². The van der Waals surface area contributed by atoms with Crippen molar-refractivity contribution in [2.24, 2.45) is 0 Å². The Morgan fingerprint density at radius 2 is 1.60 bits per heavy atom. The van der Waals surface area contributed by atoms with Crippen molar-refractivity contribution in [3.05, 3.63) is 40.0 Å². The Morgan fingerprint density at radius 3 is 2.12 bits per heavy atom. The van der Waals surface area contributed by atoms with Gasteiger partial charge in [0.05, 0.1) is 13.2 Å². The van der Waals surface area contributed by atoms with Gasteiger partial charge in [-0.3, -0.25) is 4.55 Å². The maximum Gasteiger partial charge on any atom is 0.333 e. The van der Waals surface area contributed by atoms with E-state index in [0.29, 0.717) is 29.7 Å². The molecule has 1 aromatic rings. The highest BCUT2D eigenvalue weighted by atomic mass is 32.2. The van der Waals surface area contributed by atoms with Gasteiger partial charge in [-0.05, 0) is 68.9 Å². The largest absolute Gasteiger partial charge is 0.460 e. The Hall–Kier alpha value is -1.70. The minimum absolute atomic E-state index is 0.0269. The number of rotatable bonds is 8. The molecule has 0 saturated heterocycles. The molecule has 25 heavy (non-hydrogen) atoms. The summed E-state index contributed by atoms with van der Waals surface area (Å²) in [5.41, 5.74) is 4.10. The summed E-state index contributed by atoms with van der Waals surface area (Å²) >= 11 is 0. The van der Waals surface area contributed by atoms with Crippen LogP contribution in [0.5, 0.6) is 0 Å². The van der Waals surface area contributed by atoms with Gasteiger partial charge in [-0.25, -0.2) is 4.79 Å². The number of carbonyl (C=O) groups excluding carboxylic acids is 1. The predicted molar refractivity (Wildman–Crippen MR) is 95.5 cm³/mol. The molecule has 0 aliphatic rings. The SMILES string of the molecule is C=C(C)C(=O)OCCOCCc1c(C)c(C)c(C)c(S(=O)(=O)O)c1C. The molecule has 6 nitrogen and oxygen atoms in total. The Bertz CT molecular complexity index is 777. The normalized spacial score (nSPS) is 11.4. The van der Waals surface area contributed by atoms with E-state index in [1.54, 1.807) is 20.8 Å². The lowest BCUT2D eigenvalue weighted by atomic mass is 9.92. The van der Waals surface area contributed by atoms with Gasteiger partial charge < -0.3 is 9.47 Å². The first-order chi connectivity index (χ1) is 11.5. The lowest BCUT2D eigenvalue weighted by Crippen LogP contribution is -2.14. The lowest BCUT2D eigenvalue weighted by molar-refractivity contribution is -0.140. The van der Waals surface area contributed by atoms with E-state index in [1.165, 1.54) is 0 Å². The van der Waals surface area contributed by atoms with E-state index in [2.05, 4.69) is 6.58 Å². The van der Waals surface area contributed by atoms with Crippen LogP contribution in [0.25, 0.3) is 0 Å². The molecule has 0 aliphatic carbocycles. The fourth-order valence-corrected chi connectivity index (χ4v) is 3.78. The first-order valence-electron chi connectivity index (χ1n) is 7.95. The maximum atomic E-state index is 11.7. The van der Waals surface area contributed by atoms with E-state index in [9.17, 15) is 17.8 Å². The molecule has 0 spiro atoms. The molecule has 1 N–H and O–H groups in total. The fraction of sp³-hybridized carbons (Fsp3) is 0.500. The van der Waals surface area contributed by atoms with Crippen LogP contribution in [0.3, 0.4) is 0 Å². The third kappa shape index (κ3) is 5.39. The zero-order valence-corrected chi connectivity index (χ0v) is 16.2. The van der Waals surface area contributed by atoms with Crippen molar-refractivity contribution in [3.8, 4) is 0 Å². The van der Waals surface area contributed by atoms with Crippen LogP contribution in [0.4, 0.5) is 0 Å². The quantitative estimate of drug-likeness (QED) is 0.327. The third-order valence-electron chi connectivity index (χ3n) is 4.28. The molecular formula is C18H26O6S. The number of benzene rings is 1. The smallest absolute Gasteiger partial charge is 0.333 e. The molecule has 1 aromatic carbocycles. The molecule has 0 aromatic heterocycles. The van der Waals surface area contributed by atoms with Gasteiger partial charge in [0.1, 0.15) is 11.5 Å². The van der Waals surface area contributed by atoms with E-state index < -0.39 is 16.1 Å². The number of carbonyl (C=O) groups is 1. The van der Waals surface area contributed by atoms with E-state index >= 15 is 0 Å². The summed E-state index contributed by atoms with van der Waals surface area (Å²) in [5, 5.41) is 0. The monoisotopic (exact) mass is 370 g/mol. The predicted octanol–water partition coefficient (Wildman–Crippen LogP) is 2.85. The van der Waals surface area contributed by atoms with Crippen molar-refractivity contribution in [2.75, 3.05) is 19.8 Å². The van der Waals surface area contributed by atoms with Gasteiger partial charge in [-0.15, -0.1) is 0 Å². The topological polar surface area (TPSA) is 89.9 Å². The lowest BCUT2D eigenvalue weighted by Gasteiger charge is -2.19. The molecule has 7 heteroatoms. The molecule has 0 saturated carbocycles. The van der Waals surface area contributed by atoms with Crippen molar-refractivity contribution in [2.45, 2.75) is 45.9 Å². The average Bonchev–Trinajstić information content (AvgIpc) is 2.49. The first kappa shape index (κ1) is 21.3. The third-order valence-corrected chi connectivity index (χ3v) is 5.40. The first-order valence-corrected chi connectivity index (χ1v) is 9.39. The summed E-state index contributed by atoms with van der Waals surface area (Å²) < 4.78 is 43.3. The van der Waals surface area contributed by atoms with E-state index in [-0.39, 0.29) is 18.1 Å². The van der Waals surface area contributed by atoms with E-state index in [0.717, 1.165) is 16.7 Å². The van der Waals surface area contributed by atoms with Crippen LogP contribution in [0.1, 0.15) is 34.7 Å². The van der Waals surface area contributed by atoms with Crippen molar-refractivity contribution in [3.63, 3.8) is 0 Å². The molecule has 0 amide bonds. The van der Waals surface area contributed by atoms with Gasteiger partial charge in [0.15, 0.2) is 0 Å². The minimum atomic E-state index is -4.29. The van der Waals surface area contributed by atoms with E-state index in [1.807, 2.05) is 13.8 Å². The molecule has 0 fully saturated rings. The summed E-state index contributed by atoms with van der Waals surface area (Å²) in [7, 11) is -4.29. The molecule has 0 aliphatic heterocycles. The highest BCUT2D eigenvalue weighted by molar-refractivity contribution is 7.86. The minimum Gasteiger partial charge on any atom is -0.460 e. The zero-order chi connectivity index (χ0) is 19.4. The van der Waals surface area contributed by atoms with Crippen molar-refractivity contribution < 1.29 is 27.2 Å². The maximum absolute atomic E-state index is 11.7. The average molecular weight is 370 g/mol. The summed E-state index contributed by atoms with van der Waals surface area (Å²) in [6, 6.07) is 0. The van der Waals surface area contributed by atoms with Gasteiger partial charge >= 0.3 is 5.97 Å². The van der Waals surface area contributed by atoms with Crippen LogP contribution in [0.2, 0.25) is 0 Å². The van der Waals surface area contributed by atoms with Gasteiger partial charge in [0.25, 0.3) is 10.1 Å².